The van der Waals surface area contributed by atoms with Crippen LogP contribution in [0, 0.1) is 13.8 Å². The third-order valence-electron chi connectivity index (χ3n) is 3.15. The third-order valence-corrected chi connectivity index (χ3v) is 3.74. The first-order valence-corrected chi connectivity index (χ1v) is 8.92. The van der Waals surface area contributed by atoms with Crippen LogP contribution in [0.15, 0.2) is 36.5 Å². The highest BCUT2D eigenvalue weighted by Crippen LogP contribution is 2.21. The molecule has 23 heavy (non-hydrogen) atoms. The summed E-state index contributed by atoms with van der Waals surface area (Å²) in [7, 11) is -3.37. The molecular formula is C16H19N3O3S. The number of carbonyl (C=O) groups is 1. The molecule has 0 aliphatic rings. The molecule has 2 rings (SSSR count). The average Bonchev–Trinajstić information content (AvgIpc) is 2.43. The molecule has 0 radical (unpaired) electrons. The molecule has 122 valence electrons. The van der Waals surface area contributed by atoms with Gasteiger partial charge >= 0.3 is 0 Å². The Morgan fingerprint density at radius 3 is 2.52 bits per heavy atom. The lowest BCUT2D eigenvalue weighted by Crippen LogP contribution is -2.15. The number of nitrogens with one attached hydrogen (secondary N) is 2. The molecule has 0 fully saturated rings. The number of benzene rings is 1. The highest BCUT2D eigenvalue weighted by atomic mass is 32.2. The number of nitrogens with zero attached hydrogens (tertiary/aromatic N) is 1. The predicted octanol–water partition coefficient (Wildman–Crippen LogP) is 2.25. The van der Waals surface area contributed by atoms with E-state index in [9.17, 15) is 13.2 Å². The Hall–Kier alpha value is -2.41. The maximum absolute atomic E-state index is 12.1. The van der Waals surface area contributed by atoms with Crippen LogP contribution in [0.5, 0.6) is 0 Å². The van der Waals surface area contributed by atoms with Gasteiger partial charge in [0.05, 0.1) is 18.4 Å². The van der Waals surface area contributed by atoms with E-state index in [1.165, 1.54) is 0 Å². The molecule has 0 bridgehead atoms. The summed E-state index contributed by atoms with van der Waals surface area (Å²) in [4.78, 5) is 16.2. The summed E-state index contributed by atoms with van der Waals surface area (Å²) >= 11 is 0. The SMILES string of the molecule is Cc1ccc(CC(=O)Nc2ccc(C)c(NS(C)(=O)=O)c2)cn1. The molecule has 1 aromatic heterocycles. The number of amides is 1. The van der Waals surface area contributed by atoms with Crippen molar-refractivity contribution in [2.45, 2.75) is 20.3 Å². The fourth-order valence-corrected chi connectivity index (χ4v) is 2.62. The van der Waals surface area contributed by atoms with E-state index in [2.05, 4.69) is 15.0 Å². The van der Waals surface area contributed by atoms with Crippen LogP contribution >= 0.6 is 0 Å². The van der Waals surface area contributed by atoms with Crippen LogP contribution in [0.2, 0.25) is 0 Å². The molecule has 0 unspecified atom stereocenters. The zero-order chi connectivity index (χ0) is 17.0. The van der Waals surface area contributed by atoms with Gasteiger partial charge in [-0.1, -0.05) is 12.1 Å². The van der Waals surface area contributed by atoms with E-state index in [1.54, 1.807) is 31.3 Å². The second-order valence-corrected chi connectivity index (χ2v) is 7.19. The van der Waals surface area contributed by atoms with E-state index in [1.807, 2.05) is 19.1 Å². The predicted molar refractivity (Wildman–Crippen MR) is 91.0 cm³/mol. The van der Waals surface area contributed by atoms with Crippen LogP contribution in [0.25, 0.3) is 0 Å². The van der Waals surface area contributed by atoms with Crippen molar-refractivity contribution in [2.24, 2.45) is 0 Å². The minimum absolute atomic E-state index is 0.190. The zero-order valence-electron chi connectivity index (χ0n) is 13.3. The number of anilines is 2. The fraction of sp³-hybridized carbons (Fsp3) is 0.250. The molecule has 0 spiro atoms. The molecule has 1 amide bonds. The highest BCUT2D eigenvalue weighted by molar-refractivity contribution is 7.92. The first kappa shape index (κ1) is 17.0. The summed E-state index contributed by atoms with van der Waals surface area (Å²) in [5.41, 5.74) is 3.46. The minimum Gasteiger partial charge on any atom is -0.326 e. The lowest BCUT2D eigenvalue weighted by molar-refractivity contribution is -0.115. The van der Waals surface area contributed by atoms with Gasteiger partial charge in [0.15, 0.2) is 0 Å². The Morgan fingerprint density at radius 2 is 1.91 bits per heavy atom. The quantitative estimate of drug-likeness (QED) is 0.878. The van der Waals surface area contributed by atoms with Crippen molar-refractivity contribution in [3.8, 4) is 0 Å². The van der Waals surface area contributed by atoms with Gasteiger partial charge in [-0.25, -0.2) is 8.42 Å². The van der Waals surface area contributed by atoms with Gasteiger partial charge in [0.1, 0.15) is 0 Å². The Kier molecular flexibility index (Phi) is 5.00. The Morgan fingerprint density at radius 1 is 1.17 bits per heavy atom. The molecule has 2 aromatic rings. The van der Waals surface area contributed by atoms with Gasteiger partial charge in [-0.3, -0.25) is 14.5 Å². The van der Waals surface area contributed by atoms with Crippen molar-refractivity contribution in [2.75, 3.05) is 16.3 Å². The van der Waals surface area contributed by atoms with Gasteiger partial charge < -0.3 is 5.32 Å². The molecular weight excluding hydrogens is 314 g/mol. The van der Waals surface area contributed by atoms with Gasteiger partial charge in [0, 0.05) is 17.6 Å². The topological polar surface area (TPSA) is 88.2 Å². The molecule has 0 aliphatic carbocycles. The molecule has 0 saturated heterocycles. The Labute approximate surface area is 136 Å². The largest absolute Gasteiger partial charge is 0.326 e. The number of hydrogen-bond acceptors (Lipinski definition) is 4. The van der Waals surface area contributed by atoms with E-state index in [-0.39, 0.29) is 12.3 Å². The van der Waals surface area contributed by atoms with Gasteiger partial charge in [-0.2, -0.15) is 0 Å². The van der Waals surface area contributed by atoms with Crippen LogP contribution in [0.4, 0.5) is 11.4 Å². The van der Waals surface area contributed by atoms with E-state index in [4.69, 9.17) is 0 Å². The highest BCUT2D eigenvalue weighted by Gasteiger charge is 2.09. The van der Waals surface area contributed by atoms with Crippen molar-refractivity contribution >= 4 is 27.3 Å². The van der Waals surface area contributed by atoms with Crippen LogP contribution in [0.3, 0.4) is 0 Å². The molecule has 0 saturated carbocycles. The average molecular weight is 333 g/mol. The number of aryl methyl sites for hydroxylation is 2. The van der Waals surface area contributed by atoms with E-state index < -0.39 is 10.0 Å². The zero-order valence-corrected chi connectivity index (χ0v) is 14.1. The fourth-order valence-electron chi connectivity index (χ4n) is 2.00. The van der Waals surface area contributed by atoms with Crippen LogP contribution in [-0.2, 0) is 21.2 Å². The summed E-state index contributed by atoms with van der Waals surface area (Å²) in [6, 6.07) is 8.78. The Balaban J connectivity index is 2.09. The molecule has 7 heteroatoms. The van der Waals surface area contributed by atoms with Gasteiger partial charge in [-0.15, -0.1) is 0 Å². The molecule has 0 atom stereocenters. The number of rotatable bonds is 5. The second kappa shape index (κ2) is 6.78. The number of hydrogen-bond donors (Lipinski definition) is 2. The second-order valence-electron chi connectivity index (χ2n) is 5.44. The van der Waals surface area contributed by atoms with Gasteiger partial charge in [-0.05, 0) is 43.2 Å². The minimum atomic E-state index is -3.37. The summed E-state index contributed by atoms with van der Waals surface area (Å²) in [5.74, 6) is -0.190. The summed E-state index contributed by atoms with van der Waals surface area (Å²) in [5, 5.41) is 2.76. The number of aromatic nitrogens is 1. The molecule has 1 heterocycles. The lowest BCUT2D eigenvalue weighted by atomic mass is 10.1. The lowest BCUT2D eigenvalue weighted by Gasteiger charge is -2.11. The first-order valence-electron chi connectivity index (χ1n) is 7.03. The van der Waals surface area contributed by atoms with Crippen LogP contribution in [-0.4, -0.2) is 25.6 Å². The molecule has 0 aliphatic heterocycles. The third kappa shape index (κ3) is 5.37. The monoisotopic (exact) mass is 333 g/mol. The molecule has 1 aromatic carbocycles. The maximum atomic E-state index is 12.1. The molecule has 2 N–H and O–H groups in total. The van der Waals surface area contributed by atoms with E-state index in [0.717, 1.165) is 23.1 Å². The smallest absolute Gasteiger partial charge is 0.229 e. The summed E-state index contributed by atoms with van der Waals surface area (Å²) in [6.45, 7) is 3.67. The van der Waals surface area contributed by atoms with Crippen molar-refractivity contribution < 1.29 is 13.2 Å². The van der Waals surface area contributed by atoms with Crippen molar-refractivity contribution in [1.29, 1.82) is 0 Å². The maximum Gasteiger partial charge on any atom is 0.229 e. The van der Waals surface area contributed by atoms with Crippen LogP contribution in [0.1, 0.15) is 16.8 Å². The van der Waals surface area contributed by atoms with Crippen molar-refractivity contribution in [1.82, 2.24) is 4.98 Å². The number of sulfonamides is 1. The normalized spacial score (nSPS) is 11.1. The van der Waals surface area contributed by atoms with Gasteiger partial charge in [0.2, 0.25) is 15.9 Å². The van der Waals surface area contributed by atoms with E-state index >= 15 is 0 Å². The van der Waals surface area contributed by atoms with Crippen LogP contribution < -0.4 is 10.0 Å². The molecule has 6 nitrogen and oxygen atoms in total. The first-order chi connectivity index (χ1) is 10.7. The summed E-state index contributed by atoms with van der Waals surface area (Å²) < 4.78 is 25.1. The Bertz CT molecular complexity index is 815. The summed E-state index contributed by atoms with van der Waals surface area (Å²) in [6.07, 6.45) is 2.96. The van der Waals surface area contributed by atoms with Crippen molar-refractivity contribution in [3.05, 3.63) is 53.3 Å². The number of carbonyl (C=O) groups excluding carboxylic acids is 1. The van der Waals surface area contributed by atoms with Gasteiger partial charge in [0.25, 0.3) is 0 Å². The van der Waals surface area contributed by atoms with E-state index in [0.29, 0.717) is 11.4 Å². The number of pyridine rings is 1. The standard InChI is InChI=1S/C16H19N3O3S/c1-11-4-7-14(9-15(11)19-23(3,21)22)18-16(20)8-13-6-5-12(2)17-10-13/h4-7,9-10,19H,8H2,1-3H3,(H,18,20). The van der Waals surface area contributed by atoms with Crippen molar-refractivity contribution in [3.63, 3.8) is 0 Å².